The van der Waals surface area contributed by atoms with E-state index in [1.54, 1.807) is 0 Å². The number of Topliss-reactive ketones (excluding diaryl/α,β-unsaturated/α-hetero) is 1. The van der Waals surface area contributed by atoms with Crippen LogP contribution in [0.1, 0.15) is 23.1 Å². The molecule has 1 aliphatic rings. The van der Waals surface area contributed by atoms with E-state index in [1.807, 2.05) is 24.3 Å². The number of aryl methyl sites for hydroxylation is 1. The molecule has 0 amide bonds. The lowest BCUT2D eigenvalue weighted by molar-refractivity contribution is -0.122. The highest BCUT2D eigenvalue weighted by molar-refractivity contribution is 9.10. The van der Waals surface area contributed by atoms with Gasteiger partial charge in [0.15, 0.2) is 0 Å². The summed E-state index contributed by atoms with van der Waals surface area (Å²) in [6, 6.07) is 16.5. The first-order chi connectivity index (χ1) is 9.72. The number of benzene rings is 2. The molecule has 1 unspecified atom stereocenters. The smallest absolute Gasteiger partial charge is 0.140 e. The number of halogens is 1. The number of carbonyl (C=O) groups excluding carboxylic acids is 1. The zero-order valence-corrected chi connectivity index (χ0v) is 12.9. The predicted octanol–water partition coefficient (Wildman–Crippen LogP) is 4.37. The maximum atomic E-state index is 12.5. The fourth-order valence-electron chi connectivity index (χ4n) is 2.97. The standard InChI is InChI=1S/C18H17BrO/c19-17-7-3-4-13(10-17)11-18(20)16-9-8-14-5-1-2-6-15(14)12-16/h1-7,10,16H,8-9,11-12H2. The van der Waals surface area contributed by atoms with Crippen molar-refractivity contribution in [3.05, 3.63) is 69.7 Å². The highest BCUT2D eigenvalue weighted by Gasteiger charge is 2.24. The van der Waals surface area contributed by atoms with E-state index < -0.39 is 0 Å². The molecule has 20 heavy (non-hydrogen) atoms. The highest BCUT2D eigenvalue weighted by atomic mass is 79.9. The summed E-state index contributed by atoms with van der Waals surface area (Å²) in [5, 5.41) is 0. The van der Waals surface area contributed by atoms with Gasteiger partial charge >= 0.3 is 0 Å². The number of fused-ring (bicyclic) bond motifs is 1. The molecule has 0 aromatic heterocycles. The average molecular weight is 329 g/mol. The summed E-state index contributed by atoms with van der Waals surface area (Å²) < 4.78 is 1.04. The molecule has 0 radical (unpaired) electrons. The topological polar surface area (TPSA) is 17.1 Å². The van der Waals surface area contributed by atoms with Crippen molar-refractivity contribution >= 4 is 21.7 Å². The SMILES string of the molecule is O=C(Cc1cccc(Br)c1)C1CCc2ccccc2C1. The molecule has 0 aliphatic heterocycles. The molecule has 0 heterocycles. The van der Waals surface area contributed by atoms with Crippen LogP contribution in [-0.2, 0) is 24.1 Å². The molecule has 2 aromatic carbocycles. The lowest BCUT2D eigenvalue weighted by Crippen LogP contribution is -2.24. The summed E-state index contributed by atoms with van der Waals surface area (Å²) in [5.41, 5.74) is 3.87. The fourth-order valence-corrected chi connectivity index (χ4v) is 3.41. The second-order valence-electron chi connectivity index (χ2n) is 5.48. The molecule has 1 nitrogen and oxygen atoms in total. The van der Waals surface area contributed by atoms with Crippen molar-refractivity contribution in [2.75, 3.05) is 0 Å². The molecule has 0 saturated carbocycles. The molecule has 0 N–H and O–H groups in total. The van der Waals surface area contributed by atoms with Crippen LogP contribution in [0.5, 0.6) is 0 Å². The van der Waals surface area contributed by atoms with E-state index >= 15 is 0 Å². The summed E-state index contributed by atoms with van der Waals surface area (Å²) in [6.45, 7) is 0. The minimum atomic E-state index is 0.184. The van der Waals surface area contributed by atoms with Crippen molar-refractivity contribution in [3.63, 3.8) is 0 Å². The molecule has 1 aliphatic carbocycles. The van der Waals surface area contributed by atoms with Crippen molar-refractivity contribution < 1.29 is 4.79 Å². The van der Waals surface area contributed by atoms with Gasteiger partial charge in [-0.05, 0) is 48.1 Å². The summed E-state index contributed by atoms with van der Waals surface area (Å²) in [4.78, 5) is 12.5. The number of hydrogen-bond donors (Lipinski definition) is 0. The molecule has 3 rings (SSSR count). The van der Waals surface area contributed by atoms with Crippen molar-refractivity contribution in [2.24, 2.45) is 5.92 Å². The lowest BCUT2D eigenvalue weighted by atomic mass is 9.80. The minimum Gasteiger partial charge on any atom is -0.299 e. The Labute approximate surface area is 128 Å². The zero-order chi connectivity index (χ0) is 13.9. The Kier molecular flexibility index (Phi) is 4.02. The summed E-state index contributed by atoms with van der Waals surface area (Å²) in [5.74, 6) is 0.557. The van der Waals surface area contributed by atoms with E-state index in [0.29, 0.717) is 12.2 Å². The molecule has 102 valence electrons. The van der Waals surface area contributed by atoms with Gasteiger partial charge in [0.25, 0.3) is 0 Å². The van der Waals surface area contributed by atoms with Gasteiger partial charge in [0.2, 0.25) is 0 Å². The van der Waals surface area contributed by atoms with Gasteiger partial charge in [-0.15, -0.1) is 0 Å². The number of hydrogen-bond acceptors (Lipinski definition) is 1. The van der Waals surface area contributed by atoms with Gasteiger partial charge in [0.1, 0.15) is 5.78 Å². The number of ketones is 1. The van der Waals surface area contributed by atoms with E-state index in [2.05, 4.69) is 40.2 Å². The first-order valence-corrected chi connectivity index (χ1v) is 7.85. The van der Waals surface area contributed by atoms with Crippen molar-refractivity contribution in [2.45, 2.75) is 25.7 Å². The average Bonchev–Trinajstić information content (AvgIpc) is 2.47. The Balaban J connectivity index is 1.70. The Hall–Kier alpha value is -1.41. The molecule has 0 fully saturated rings. The lowest BCUT2D eigenvalue weighted by Gasteiger charge is -2.23. The summed E-state index contributed by atoms with van der Waals surface area (Å²) in [7, 11) is 0. The number of carbonyl (C=O) groups is 1. The number of rotatable bonds is 3. The normalized spacial score (nSPS) is 17.6. The van der Waals surface area contributed by atoms with E-state index in [-0.39, 0.29) is 5.92 Å². The molecule has 2 heteroatoms. The second kappa shape index (κ2) is 5.92. The quantitative estimate of drug-likeness (QED) is 0.817. The molecule has 0 bridgehead atoms. The van der Waals surface area contributed by atoms with Gasteiger partial charge in [0.05, 0.1) is 0 Å². The van der Waals surface area contributed by atoms with Gasteiger partial charge in [0, 0.05) is 16.8 Å². The fraction of sp³-hybridized carbons (Fsp3) is 0.278. The first kappa shape index (κ1) is 13.6. The molecular formula is C18H17BrO. The van der Waals surface area contributed by atoms with E-state index in [0.717, 1.165) is 29.3 Å². The van der Waals surface area contributed by atoms with Crippen molar-refractivity contribution in [1.82, 2.24) is 0 Å². The zero-order valence-electron chi connectivity index (χ0n) is 11.3. The molecule has 2 aromatic rings. The van der Waals surface area contributed by atoms with Crippen LogP contribution < -0.4 is 0 Å². The minimum absolute atomic E-state index is 0.184. The largest absolute Gasteiger partial charge is 0.299 e. The van der Waals surface area contributed by atoms with Gasteiger partial charge < -0.3 is 0 Å². The van der Waals surface area contributed by atoms with Gasteiger partial charge in [-0.3, -0.25) is 4.79 Å². The Morgan fingerprint density at radius 3 is 2.70 bits per heavy atom. The highest BCUT2D eigenvalue weighted by Crippen LogP contribution is 2.27. The molecule has 1 atom stereocenters. The van der Waals surface area contributed by atoms with Crippen molar-refractivity contribution in [3.8, 4) is 0 Å². The van der Waals surface area contributed by atoms with Crippen LogP contribution in [-0.4, -0.2) is 5.78 Å². The van der Waals surface area contributed by atoms with Gasteiger partial charge in [-0.25, -0.2) is 0 Å². The van der Waals surface area contributed by atoms with Crippen molar-refractivity contribution in [1.29, 1.82) is 0 Å². The van der Waals surface area contributed by atoms with E-state index in [9.17, 15) is 4.79 Å². The van der Waals surface area contributed by atoms with Crippen LogP contribution in [0, 0.1) is 5.92 Å². The van der Waals surface area contributed by atoms with E-state index in [1.165, 1.54) is 11.1 Å². The van der Waals surface area contributed by atoms with Crippen LogP contribution in [0.25, 0.3) is 0 Å². The third-order valence-corrected chi connectivity index (χ3v) is 4.56. The van der Waals surface area contributed by atoms with Crippen LogP contribution in [0.3, 0.4) is 0 Å². The van der Waals surface area contributed by atoms with E-state index in [4.69, 9.17) is 0 Å². The summed E-state index contributed by atoms with van der Waals surface area (Å²) >= 11 is 3.46. The van der Waals surface area contributed by atoms with Crippen LogP contribution in [0.15, 0.2) is 53.0 Å². The summed E-state index contributed by atoms with van der Waals surface area (Å²) in [6.07, 6.45) is 3.48. The Morgan fingerprint density at radius 1 is 1.10 bits per heavy atom. The first-order valence-electron chi connectivity index (χ1n) is 7.06. The third kappa shape index (κ3) is 3.01. The Morgan fingerprint density at radius 2 is 1.90 bits per heavy atom. The Bertz CT molecular complexity index is 633. The molecule has 0 spiro atoms. The van der Waals surface area contributed by atoms with Gasteiger partial charge in [-0.1, -0.05) is 52.3 Å². The molecular weight excluding hydrogens is 312 g/mol. The maximum absolute atomic E-state index is 12.5. The third-order valence-electron chi connectivity index (χ3n) is 4.07. The monoisotopic (exact) mass is 328 g/mol. The predicted molar refractivity (Wildman–Crippen MR) is 84.8 cm³/mol. The van der Waals surface area contributed by atoms with Crippen LogP contribution in [0.4, 0.5) is 0 Å². The maximum Gasteiger partial charge on any atom is 0.140 e. The van der Waals surface area contributed by atoms with Crippen LogP contribution in [0.2, 0.25) is 0 Å². The molecule has 0 saturated heterocycles. The second-order valence-corrected chi connectivity index (χ2v) is 6.40. The van der Waals surface area contributed by atoms with Crippen LogP contribution >= 0.6 is 15.9 Å². The van der Waals surface area contributed by atoms with Gasteiger partial charge in [-0.2, -0.15) is 0 Å².